The van der Waals surface area contributed by atoms with Gasteiger partial charge in [-0.25, -0.2) is 0 Å². The molecule has 1 heterocycles. The molecule has 1 N–H and O–H groups in total. The largest absolute Gasteiger partial charge is 0.461 e. The number of hydrogen-bond donors (Lipinski definition) is 1. The van der Waals surface area contributed by atoms with Crippen molar-refractivity contribution in [3.05, 3.63) is 108 Å². The summed E-state index contributed by atoms with van der Waals surface area (Å²) < 4.78 is 11.1. The fraction of sp³-hybridized carbons (Fsp3) is 0.450. The van der Waals surface area contributed by atoms with Crippen LogP contribution in [0.25, 0.3) is 0 Å². The molecule has 1 unspecified atom stereocenters. The van der Waals surface area contributed by atoms with Crippen molar-refractivity contribution in [2.24, 2.45) is 17.8 Å². The van der Waals surface area contributed by atoms with E-state index in [0.29, 0.717) is 52.0 Å². The molecular weight excluding hydrogens is 604 g/mol. The highest BCUT2D eigenvalue weighted by atomic mass is 16.5. The number of ether oxygens (including phenoxy) is 2. The van der Waals surface area contributed by atoms with Gasteiger partial charge in [0, 0.05) is 31.8 Å². The fourth-order valence-electron chi connectivity index (χ4n) is 6.06. The van der Waals surface area contributed by atoms with E-state index in [4.69, 9.17) is 9.47 Å². The number of carbonyl (C=O) groups is 4. The number of esters is 1. The zero-order valence-electron chi connectivity index (χ0n) is 28.4. The Hall–Kier alpha value is -4.14. The number of aryl methyl sites for hydroxylation is 1. The van der Waals surface area contributed by atoms with Crippen molar-refractivity contribution < 1.29 is 28.7 Å². The number of nitrogens with one attached hydrogen (secondary N) is 1. The molecule has 1 aliphatic heterocycles. The molecule has 3 aromatic carbocycles. The molecule has 4 rings (SSSR count). The van der Waals surface area contributed by atoms with Crippen LogP contribution in [0.3, 0.4) is 0 Å². The smallest absolute Gasteiger partial charge is 0.310 e. The Morgan fingerprint density at radius 1 is 0.792 bits per heavy atom. The van der Waals surface area contributed by atoms with Crippen molar-refractivity contribution in [2.75, 3.05) is 32.8 Å². The number of morpholine rings is 1. The summed E-state index contributed by atoms with van der Waals surface area (Å²) in [5, 5.41) is 3.05. The van der Waals surface area contributed by atoms with Gasteiger partial charge in [-0.3, -0.25) is 24.1 Å². The molecule has 1 amide bonds. The summed E-state index contributed by atoms with van der Waals surface area (Å²) in [5.41, 5.74) is 2.88. The average molecular weight is 655 g/mol. The van der Waals surface area contributed by atoms with E-state index in [-0.39, 0.29) is 49.4 Å². The van der Waals surface area contributed by atoms with Crippen LogP contribution in [0, 0.1) is 17.8 Å². The molecule has 8 heteroatoms. The lowest BCUT2D eigenvalue weighted by Crippen LogP contribution is -2.48. The van der Waals surface area contributed by atoms with Gasteiger partial charge in [0.1, 0.15) is 12.4 Å². The lowest BCUT2D eigenvalue weighted by Gasteiger charge is -2.28. The summed E-state index contributed by atoms with van der Waals surface area (Å²) >= 11 is 0. The maximum absolute atomic E-state index is 14.0. The van der Waals surface area contributed by atoms with Gasteiger partial charge in [-0.1, -0.05) is 111 Å². The average Bonchev–Trinajstić information content (AvgIpc) is 3.12. The minimum absolute atomic E-state index is 0.000569. The Morgan fingerprint density at radius 2 is 1.38 bits per heavy atom. The van der Waals surface area contributed by atoms with E-state index >= 15 is 0 Å². The van der Waals surface area contributed by atoms with Gasteiger partial charge < -0.3 is 14.8 Å². The van der Waals surface area contributed by atoms with Crippen LogP contribution in [0.4, 0.5) is 0 Å². The number of nitrogens with zero attached hydrogens (tertiary/aromatic N) is 1. The second-order valence-corrected chi connectivity index (χ2v) is 12.9. The molecule has 0 aromatic heterocycles. The van der Waals surface area contributed by atoms with E-state index in [1.807, 2.05) is 105 Å². The molecule has 3 aromatic rings. The first-order valence-electron chi connectivity index (χ1n) is 17.3. The predicted molar refractivity (Wildman–Crippen MR) is 186 cm³/mol. The normalized spacial score (nSPS) is 15.9. The van der Waals surface area contributed by atoms with Gasteiger partial charge >= 0.3 is 5.97 Å². The SMILES string of the molecule is CCC(C)[C@H](NC(=O)[C@H](CCc1ccccc1)CC(=O)CN1CCOCC1)C(=O)C[C@@H](Cc1ccccc1)C(=O)OCc1ccccc1. The fourth-order valence-corrected chi connectivity index (χ4v) is 6.06. The van der Waals surface area contributed by atoms with Gasteiger partial charge in [0.15, 0.2) is 5.78 Å². The Morgan fingerprint density at radius 3 is 1.98 bits per heavy atom. The van der Waals surface area contributed by atoms with Crippen LogP contribution in [-0.4, -0.2) is 67.2 Å². The molecule has 0 aliphatic carbocycles. The first-order chi connectivity index (χ1) is 23.3. The number of benzene rings is 3. The number of carbonyl (C=O) groups excluding carboxylic acids is 4. The Kier molecular flexibility index (Phi) is 15.0. The van der Waals surface area contributed by atoms with Crippen LogP contribution in [0.15, 0.2) is 91.0 Å². The van der Waals surface area contributed by atoms with Gasteiger partial charge in [-0.05, 0) is 41.9 Å². The third-order valence-electron chi connectivity index (χ3n) is 9.16. The summed E-state index contributed by atoms with van der Waals surface area (Å²) in [6.07, 6.45) is 2.15. The highest BCUT2D eigenvalue weighted by Gasteiger charge is 2.33. The number of rotatable bonds is 19. The zero-order valence-corrected chi connectivity index (χ0v) is 28.4. The zero-order chi connectivity index (χ0) is 34.1. The van der Waals surface area contributed by atoms with E-state index in [0.717, 1.165) is 16.7 Å². The lowest BCUT2D eigenvalue weighted by molar-refractivity contribution is -0.151. The molecule has 0 bridgehead atoms. The Balaban J connectivity index is 1.47. The second kappa shape index (κ2) is 19.6. The molecule has 0 radical (unpaired) electrons. The predicted octanol–water partition coefficient (Wildman–Crippen LogP) is 5.62. The van der Waals surface area contributed by atoms with Crippen molar-refractivity contribution in [3.63, 3.8) is 0 Å². The molecule has 0 spiro atoms. The molecule has 1 saturated heterocycles. The summed E-state index contributed by atoms with van der Waals surface area (Å²) in [6, 6.07) is 28.1. The number of amides is 1. The van der Waals surface area contributed by atoms with Crippen LogP contribution in [0.2, 0.25) is 0 Å². The molecule has 48 heavy (non-hydrogen) atoms. The quantitative estimate of drug-likeness (QED) is 0.168. The topological polar surface area (TPSA) is 102 Å². The minimum Gasteiger partial charge on any atom is -0.461 e. The molecular formula is C40H50N2O6. The number of Topliss-reactive ketones (excluding diaryl/α,β-unsaturated/α-hetero) is 2. The first kappa shape index (κ1) is 36.7. The molecule has 1 fully saturated rings. The third-order valence-corrected chi connectivity index (χ3v) is 9.16. The van der Waals surface area contributed by atoms with Crippen molar-refractivity contribution in [1.29, 1.82) is 0 Å². The number of ketones is 2. The van der Waals surface area contributed by atoms with Crippen molar-refractivity contribution in [1.82, 2.24) is 10.2 Å². The highest BCUT2D eigenvalue weighted by Crippen LogP contribution is 2.22. The summed E-state index contributed by atoms with van der Waals surface area (Å²) in [5.74, 6) is -2.42. The van der Waals surface area contributed by atoms with Crippen LogP contribution in [0.1, 0.15) is 56.2 Å². The lowest BCUT2D eigenvalue weighted by atomic mass is 9.86. The molecule has 4 atom stereocenters. The first-order valence-corrected chi connectivity index (χ1v) is 17.3. The molecule has 1 aliphatic rings. The summed E-state index contributed by atoms with van der Waals surface area (Å²) in [6.45, 7) is 6.87. The Bertz CT molecular complexity index is 1430. The Labute approximate surface area is 285 Å². The van der Waals surface area contributed by atoms with Gasteiger partial charge in [0.2, 0.25) is 5.91 Å². The molecule has 8 nitrogen and oxygen atoms in total. The van der Waals surface area contributed by atoms with E-state index in [1.54, 1.807) is 0 Å². The van der Waals surface area contributed by atoms with Crippen molar-refractivity contribution in [3.8, 4) is 0 Å². The third kappa shape index (κ3) is 12.1. The van der Waals surface area contributed by atoms with E-state index in [2.05, 4.69) is 10.2 Å². The summed E-state index contributed by atoms with van der Waals surface area (Å²) in [7, 11) is 0. The van der Waals surface area contributed by atoms with Gasteiger partial charge in [-0.2, -0.15) is 0 Å². The van der Waals surface area contributed by atoms with Crippen LogP contribution < -0.4 is 5.32 Å². The number of hydrogen-bond acceptors (Lipinski definition) is 7. The van der Waals surface area contributed by atoms with E-state index < -0.39 is 23.8 Å². The van der Waals surface area contributed by atoms with Crippen LogP contribution in [-0.2, 0) is 48.1 Å². The van der Waals surface area contributed by atoms with E-state index in [1.165, 1.54) is 0 Å². The highest BCUT2D eigenvalue weighted by molar-refractivity contribution is 5.94. The maximum Gasteiger partial charge on any atom is 0.310 e. The van der Waals surface area contributed by atoms with Crippen molar-refractivity contribution >= 4 is 23.4 Å². The minimum atomic E-state index is -0.795. The van der Waals surface area contributed by atoms with Crippen molar-refractivity contribution in [2.45, 2.75) is 65.0 Å². The maximum atomic E-state index is 14.0. The molecule has 0 saturated carbocycles. The monoisotopic (exact) mass is 654 g/mol. The van der Waals surface area contributed by atoms with E-state index in [9.17, 15) is 19.2 Å². The molecule has 256 valence electrons. The summed E-state index contributed by atoms with van der Waals surface area (Å²) in [4.78, 5) is 56.7. The van der Waals surface area contributed by atoms with Crippen LogP contribution in [0.5, 0.6) is 0 Å². The van der Waals surface area contributed by atoms with Gasteiger partial charge in [-0.15, -0.1) is 0 Å². The van der Waals surface area contributed by atoms with Gasteiger partial charge in [0.25, 0.3) is 0 Å². The van der Waals surface area contributed by atoms with Crippen LogP contribution >= 0.6 is 0 Å². The second-order valence-electron chi connectivity index (χ2n) is 12.9. The van der Waals surface area contributed by atoms with Gasteiger partial charge in [0.05, 0.1) is 31.7 Å². The standard InChI is InChI=1S/C40H50N2O6/c1-3-30(2)38(37(44)27-35(25-32-15-9-5-10-16-32)40(46)48-29-33-17-11-6-12-18-33)41-39(45)34(20-19-31-13-7-4-8-14-31)26-36(43)28-42-21-23-47-24-22-42/h4-18,30,34-35,38H,3,19-29H2,1-2H3,(H,41,45)/t30?,34-,35-,38+/m1/s1.